The van der Waals surface area contributed by atoms with Gasteiger partial charge in [-0.3, -0.25) is 0 Å². The number of anilines is 1. The van der Waals surface area contributed by atoms with Gasteiger partial charge in [0.15, 0.2) is 11.6 Å². The summed E-state index contributed by atoms with van der Waals surface area (Å²) in [5.41, 5.74) is 0.588. The Morgan fingerprint density at radius 3 is 2.39 bits per heavy atom. The first-order valence-electron chi connectivity index (χ1n) is 9.01. The predicted octanol–water partition coefficient (Wildman–Crippen LogP) is 4.58. The van der Waals surface area contributed by atoms with Crippen LogP contribution in [0.15, 0.2) is 42.5 Å². The second-order valence-corrected chi connectivity index (χ2v) is 7.19. The number of rotatable bonds is 2. The lowest BCUT2D eigenvalue weighted by molar-refractivity contribution is -0.274. The predicted molar refractivity (Wildman–Crippen MR) is 93.9 cm³/mol. The summed E-state index contributed by atoms with van der Waals surface area (Å²) in [6.45, 7) is 1.16. The number of hydrogen-bond donors (Lipinski definition) is 1. The third-order valence-corrected chi connectivity index (χ3v) is 5.35. The number of hydrogen-bond acceptors (Lipinski definition) is 4. The smallest absolute Gasteiger partial charge is 0.484 e. The summed E-state index contributed by atoms with van der Waals surface area (Å²) in [6.07, 6.45) is -3.98. The third-order valence-electron chi connectivity index (χ3n) is 5.35. The minimum Gasteiger partial charge on any atom is -0.484 e. The van der Waals surface area contributed by atoms with Gasteiger partial charge in [0, 0.05) is 43.6 Å². The first-order chi connectivity index (χ1) is 13.2. The van der Waals surface area contributed by atoms with Crippen molar-refractivity contribution < 1.29 is 32.1 Å². The number of aliphatic hydroxyl groups excluding tert-OH is 1. The maximum atomic E-state index is 14.1. The molecule has 2 aliphatic heterocycles. The molecule has 0 radical (unpaired) electrons. The van der Waals surface area contributed by atoms with Crippen molar-refractivity contribution in [3.8, 4) is 11.5 Å². The summed E-state index contributed by atoms with van der Waals surface area (Å²) >= 11 is 0. The van der Waals surface area contributed by atoms with E-state index in [0.717, 1.165) is 5.69 Å². The highest BCUT2D eigenvalue weighted by Gasteiger charge is 2.43. The SMILES string of the molecule is OC1CC2(CCN(c3ccc(OC(F)(F)F)cc3)CC2)Oc2c(F)cccc21. The van der Waals surface area contributed by atoms with Crippen LogP contribution in [-0.4, -0.2) is 30.2 Å². The van der Waals surface area contributed by atoms with Crippen LogP contribution in [-0.2, 0) is 0 Å². The van der Waals surface area contributed by atoms with Gasteiger partial charge in [0.05, 0.1) is 6.10 Å². The van der Waals surface area contributed by atoms with E-state index in [1.165, 1.54) is 18.2 Å². The van der Waals surface area contributed by atoms with E-state index in [4.69, 9.17) is 4.74 Å². The highest BCUT2D eigenvalue weighted by Crippen LogP contribution is 2.45. The van der Waals surface area contributed by atoms with E-state index in [1.807, 2.05) is 4.90 Å². The van der Waals surface area contributed by atoms with Gasteiger partial charge in [-0.1, -0.05) is 12.1 Å². The highest BCUT2D eigenvalue weighted by molar-refractivity contribution is 5.50. The van der Waals surface area contributed by atoms with Crippen molar-refractivity contribution >= 4 is 5.69 Å². The number of nitrogens with zero attached hydrogens (tertiary/aromatic N) is 1. The largest absolute Gasteiger partial charge is 0.573 e. The molecule has 0 aliphatic carbocycles. The van der Waals surface area contributed by atoms with Gasteiger partial charge in [0.2, 0.25) is 0 Å². The van der Waals surface area contributed by atoms with Gasteiger partial charge in [0.1, 0.15) is 11.4 Å². The average Bonchev–Trinajstić information content (AvgIpc) is 2.63. The van der Waals surface area contributed by atoms with Crippen molar-refractivity contribution in [2.45, 2.75) is 37.3 Å². The Balaban J connectivity index is 1.44. The summed E-state index contributed by atoms with van der Waals surface area (Å²) < 4.78 is 60.9. The maximum Gasteiger partial charge on any atom is 0.573 e. The lowest BCUT2D eigenvalue weighted by atomic mass is 9.81. The highest BCUT2D eigenvalue weighted by atomic mass is 19.4. The van der Waals surface area contributed by atoms with Crippen molar-refractivity contribution in [3.05, 3.63) is 53.8 Å². The summed E-state index contributed by atoms with van der Waals surface area (Å²) in [4.78, 5) is 2.02. The monoisotopic (exact) mass is 397 g/mol. The number of aliphatic hydroxyl groups is 1. The van der Waals surface area contributed by atoms with Gasteiger partial charge in [0.25, 0.3) is 0 Å². The normalized spacial score (nSPS) is 21.2. The fourth-order valence-corrected chi connectivity index (χ4v) is 3.95. The Labute approximate surface area is 159 Å². The molecule has 0 saturated carbocycles. The summed E-state index contributed by atoms with van der Waals surface area (Å²) in [7, 11) is 0. The molecular formula is C20H19F4NO3. The van der Waals surface area contributed by atoms with Crippen LogP contribution >= 0.6 is 0 Å². The van der Waals surface area contributed by atoms with Crippen molar-refractivity contribution in [3.63, 3.8) is 0 Å². The number of piperidine rings is 1. The molecule has 0 aromatic heterocycles. The average molecular weight is 397 g/mol. The molecule has 28 heavy (non-hydrogen) atoms. The molecule has 4 rings (SSSR count). The molecule has 2 heterocycles. The molecule has 150 valence electrons. The van der Waals surface area contributed by atoms with Crippen molar-refractivity contribution in [2.75, 3.05) is 18.0 Å². The molecule has 2 aliphatic rings. The number of alkyl halides is 3. The van der Waals surface area contributed by atoms with E-state index in [1.54, 1.807) is 24.3 Å². The maximum absolute atomic E-state index is 14.1. The molecular weight excluding hydrogens is 378 g/mol. The van der Waals surface area contributed by atoms with Gasteiger partial charge >= 0.3 is 6.36 Å². The van der Waals surface area contributed by atoms with E-state index in [-0.39, 0.29) is 11.5 Å². The number of ether oxygens (including phenoxy) is 2. The Kier molecular flexibility index (Phi) is 4.61. The van der Waals surface area contributed by atoms with Gasteiger partial charge in [-0.15, -0.1) is 13.2 Å². The van der Waals surface area contributed by atoms with Crippen LogP contribution in [0.3, 0.4) is 0 Å². The summed E-state index contributed by atoms with van der Waals surface area (Å²) in [5.74, 6) is -0.641. The Bertz CT molecular complexity index is 846. The van der Waals surface area contributed by atoms with Crippen LogP contribution < -0.4 is 14.4 Å². The molecule has 1 atom stereocenters. The lowest BCUT2D eigenvalue weighted by Crippen LogP contribution is -2.50. The molecule has 8 heteroatoms. The first-order valence-corrected chi connectivity index (χ1v) is 9.01. The van der Waals surface area contributed by atoms with Crippen molar-refractivity contribution in [2.24, 2.45) is 0 Å². The molecule has 1 N–H and O–H groups in total. The zero-order valence-electron chi connectivity index (χ0n) is 14.9. The van der Waals surface area contributed by atoms with Crippen LogP contribution in [0.2, 0.25) is 0 Å². The Morgan fingerprint density at radius 1 is 1.07 bits per heavy atom. The van der Waals surface area contributed by atoms with Crippen LogP contribution in [0, 0.1) is 5.82 Å². The lowest BCUT2D eigenvalue weighted by Gasteiger charge is -2.46. The topological polar surface area (TPSA) is 41.9 Å². The van der Waals surface area contributed by atoms with E-state index in [9.17, 15) is 22.7 Å². The molecule has 2 aromatic rings. The number of halogens is 4. The second-order valence-electron chi connectivity index (χ2n) is 7.19. The van der Waals surface area contributed by atoms with Gasteiger partial charge in [-0.05, 0) is 30.3 Å². The van der Waals surface area contributed by atoms with Crippen molar-refractivity contribution in [1.29, 1.82) is 0 Å². The molecule has 1 saturated heterocycles. The Hall–Kier alpha value is -2.48. The standard InChI is InChI=1S/C20H19F4NO3/c21-16-3-1-2-15-17(26)12-19(28-18(15)16)8-10-25(11-9-19)13-4-6-14(7-5-13)27-20(22,23)24/h1-7,17,26H,8-12H2. The van der Waals surface area contributed by atoms with E-state index >= 15 is 0 Å². The summed E-state index contributed by atoms with van der Waals surface area (Å²) in [5, 5.41) is 10.4. The fraction of sp³-hybridized carbons (Fsp3) is 0.400. The number of benzene rings is 2. The Morgan fingerprint density at radius 2 is 1.75 bits per heavy atom. The fourth-order valence-electron chi connectivity index (χ4n) is 3.95. The van der Waals surface area contributed by atoms with Crippen LogP contribution in [0.5, 0.6) is 11.5 Å². The van der Waals surface area contributed by atoms with E-state index < -0.39 is 23.9 Å². The molecule has 1 unspecified atom stereocenters. The quantitative estimate of drug-likeness (QED) is 0.754. The van der Waals surface area contributed by atoms with Gasteiger partial charge in [-0.25, -0.2) is 4.39 Å². The molecule has 0 amide bonds. The molecule has 0 bridgehead atoms. The summed E-state index contributed by atoms with van der Waals surface area (Å²) in [6, 6.07) is 10.2. The molecule has 1 spiro atoms. The molecule has 1 fully saturated rings. The minimum absolute atomic E-state index is 0.114. The van der Waals surface area contributed by atoms with E-state index in [0.29, 0.717) is 37.9 Å². The molecule has 2 aromatic carbocycles. The van der Waals surface area contributed by atoms with Gasteiger partial charge in [-0.2, -0.15) is 0 Å². The minimum atomic E-state index is -4.72. The number of para-hydroxylation sites is 1. The van der Waals surface area contributed by atoms with Crippen LogP contribution in [0.25, 0.3) is 0 Å². The van der Waals surface area contributed by atoms with Gasteiger partial charge < -0.3 is 19.5 Å². The van der Waals surface area contributed by atoms with Crippen LogP contribution in [0.4, 0.5) is 23.2 Å². The van der Waals surface area contributed by atoms with Crippen LogP contribution in [0.1, 0.15) is 30.9 Å². The zero-order valence-corrected chi connectivity index (χ0v) is 14.9. The second kappa shape index (κ2) is 6.84. The van der Waals surface area contributed by atoms with E-state index in [2.05, 4.69) is 4.74 Å². The first kappa shape index (κ1) is 18.9. The third kappa shape index (κ3) is 3.73. The van der Waals surface area contributed by atoms with Crippen molar-refractivity contribution in [1.82, 2.24) is 0 Å². The molecule has 4 nitrogen and oxygen atoms in total. The zero-order chi connectivity index (χ0) is 19.9. The number of fused-ring (bicyclic) bond motifs is 1.